The molecule has 0 radical (unpaired) electrons. The Kier molecular flexibility index (Phi) is 4.98. The van der Waals surface area contributed by atoms with Crippen molar-refractivity contribution in [1.82, 2.24) is 0 Å². The van der Waals surface area contributed by atoms with Gasteiger partial charge in [0.2, 0.25) is 0 Å². The van der Waals surface area contributed by atoms with Gasteiger partial charge in [-0.1, -0.05) is 0 Å². The van der Waals surface area contributed by atoms with Crippen LogP contribution in [-0.2, 0) is 4.79 Å². The molecule has 18 heavy (non-hydrogen) atoms. The number of hydrogen-bond acceptors (Lipinski definition) is 2. The maximum atomic E-state index is 12.8. The third-order valence-corrected chi connectivity index (χ3v) is 2.06. The van der Waals surface area contributed by atoms with Crippen molar-refractivity contribution >= 4 is 5.97 Å². The Morgan fingerprint density at radius 3 is 1.89 bits per heavy atom. The molecule has 1 atom stereocenters. The van der Waals surface area contributed by atoms with Gasteiger partial charge in [0.25, 0.3) is 0 Å². The first-order chi connectivity index (χ1) is 7.81. The zero-order valence-corrected chi connectivity index (χ0v) is 8.78. The van der Waals surface area contributed by atoms with E-state index in [2.05, 4.69) is 0 Å². The monoisotopic (exact) mass is 285 g/mol. The van der Waals surface area contributed by atoms with Crippen molar-refractivity contribution in [2.45, 2.75) is 43.3 Å². The molecule has 0 aliphatic carbocycles. The number of rotatable bonds is 6. The van der Waals surface area contributed by atoms with Crippen LogP contribution in [0.15, 0.2) is 0 Å². The summed E-state index contributed by atoms with van der Waals surface area (Å²) in [5.41, 5.74) is 4.90. The zero-order chi connectivity index (χ0) is 14.8. The molecule has 0 spiro atoms. The van der Waals surface area contributed by atoms with E-state index < -0.39 is 49.3 Å². The van der Waals surface area contributed by atoms with E-state index in [1.54, 1.807) is 0 Å². The number of halogens is 7. The number of carboxylic acid groups (broad SMARTS) is 1. The lowest BCUT2D eigenvalue weighted by Crippen LogP contribution is -2.53. The zero-order valence-electron chi connectivity index (χ0n) is 8.78. The SMILES string of the molecule is NC(CCC(=O)O)CC(F)(F)C(F)(F)C(F)(F)F. The summed E-state index contributed by atoms with van der Waals surface area (Å²) < 4.78 is 85.6. The first-order valence-electron chi connectivity index (χ1n) is 4.61. The molecule has 0 aromatic heterocycles. The van der Waals surface area contributed by atoms with Crippen molar-refractivity contribution in [1.29, 1.82) is 0 Å². The molecule has 1 unspecified atom stereocenters. The maximum Gasteiger partial charge on any atom is 0.459 e. The highest BCUT2D eigenvalue weighted by Crippen LogP contribution is 2.48. The Labute approximate surface area is 96.7 Å². The lowest BCUT2D eigenvalue weighted by Gasteiger charge is -2.29. The lowest BCUT2D eigenvalue weighted by molar-refractivity contribution is -0.356. The quantitative estimate of drug-likeness (QED) is 0.737. The molecule has 0 saturated heterocycles. The Morgan fingerprint density at radius 1 is 1.11 bits per heavy atom. The molecule has 0 aromatic carbocycles. The molecule has 3 N–H and O–H groups in total. The van der Waals surface area contributed by atoms with Crippen LogP contribution in [0.2, 0.25) is 0 Å². The second-order valence-electron chi connectivity index (χ2n) is 3.67. The van der Waals surface area contributed by atoms with Gasteiger partial charge in [0.05, 0.1) is 0 Å². The van der Waals surface area contributed by atoms with Crippen LogP contribution in [0.4, 0.5) is 30.7 Å². The van der Waals surface area contributed by atoms with E-state index in [9.17, 15) is 35.5 Å². The van der Waals surface area contributed by atoms with Crippen LogP contribution in [0.25, 0.3) is 0 Å². The number of nitrogens with two attached hydrogens (primary N) is 1. The first-order valence-corrected chi connectivity index (χ1v) is 4.61. The molecule has 0 aliphatic rings. The van der Waals surface area contributed by atoms with Crippen LogP contribution >= 0.6 is 0 Å². The fraction of sp³-hybridized carbons (Fsp3) is 0.875. The summed E-state index contributed by atoms with van der Waals surface area (Å²) in [5, 5.41) is 8.18. The number of carboxylic acids is 1. The van der Waals surface area contributed by atoms with Crippen LogP contribution in [0.5, 0.6) is 0 Å². The van der Waals surface area contributed by atoms with Gasteiger partial charge in [0.15, 0.2) is 0 Å². The minimum atomic E-state index is -6.40. The second-order valence-corrected chi connectivity index (χ2v) is 3.67. The molecule has 0 fully saturated rings. The van der Waals surface area contributed by atoms with Crippen LogP contribution in [0.3, 0.4) is 0 Å². The fourth-order valence-corrected chi connectivity index (χ4v) is 1.08. The summed E-state index contributed by atoms with van der Waals surface area (Å²) in [6.07, 6.45) is -9.68. The number of hydrogen-bond donors (Lipinski definition) is 2. The van der Waals surface area contributed by atoms with E-state index in [-0.39, 0.29) is 0 Å². The summed E-state index contributed by atoms with van der Waals surface area (Å²) in [7, 11) is 0. The van der Waals surface area contributed by atoms with Gasteiger partial charge in [-0.25, -0.2) is 0 Å². The van der Waals surface area contributed by atoms with Crippen LogP contribution in [-0.4, -0.2) is 35.1 Å². The molecule has 0 amide bonds. The van der Waals surface area contributed by atoms with Gasteiger partial charge in [0.1, 0.15) is 0 Å². The summed E-state index contributed by atoms with van der Waals surface area (Å²) in [6, 6.07) is -1.77. The van der Waals surface area contributed by atoms with Gasteiger partial charge in [-0.05, 0) is 6.42 Å². The third-order valence-electron chi connectivity index (χ3n) is 2.06. The molecular weight excluding hydrogens is 275 g/mol. The minimum Gasteiger partial charge on any atom is -0.481 e. The van der Waals surface area contributed by atoms with Crippen molar-refractivity contribution in [3.05, 3.63) is 0 Å². The average Bonchev–Trinajstić information content (AvgIpc) is 2.11. The van der Waals surface area contributed by atoms with Crippen LogP contribution < -0.4 is 5.73 Å². The number of alkyl halides is 7. The van der Waals surface area contributed by atoms with Gasteiger partial charge in [-0.15, -0.1) is 0 Å². The summed E-state index contributed by atoms with van der Waals surface area (Å²) >= 11 is 0. The third kappa shape index (κ3) is 4.00. The highest BCUT2D eigenvalue weighted by atomic mass is 19.4. The largest absolute Gasteiger partial charge is 0.481 e. The minimum absolute atomic E-state index is 0.626. The highest BCUT2D eigenvalue weighted by Gasteiger charge is 2.72. The summed E-state index contributed by atoms with van der Waals surface area (Å²) in [5.74, 6) is -13.0. The predicted octanol–water partition coefficient (Wildman–Crippen LogP) is 2.40. The normalized spacial score (nSPS) is 15.6. The Bertz CT molecular complexity index is 302. The molecule has 0 rings (SSSR count). The van der Waals surface area contributed by atoms with Crippen LogP contribution in [0, 0.1) is 0 Å². The molecular formula is C8H10F7NO2. The van der Waals surface area contributed by atoms with Gasteiger partial charge in [0, 0.05) is 18.9 Å². The van der Waals surface area contributed by atoms with Gasteiger partial charge in [-0.3, -0.25) is 4.79 Å². The van der Waals surface area contributed by atoms with Gasteiger partial charge in [-0.2, -0.15) is 30.7 Å². The van der Waals surface area contributed by atoms with E-state index in [1.807, 2.05) is 0 Å². The highest BCUT2D eigenvalue weighted by molar-refractivity contribution is 5.66. The van der Waals surface area contributed by atoms with Crippen molar-refractivity contribution < 1.29 is 40.6 Å². The van der Waals surface area contributed by atoms with Gasteiger partial charge < -0.3 is 10.8 Å². The van der Waals surface area contributed by atoms with Gasteiger partial charge >= 0.3 is 24.0 Å². The van der Waals surface area contributed by atoms with Crippen molar-refractivity contribution in [3.8, 4) is 0 Å². The predicted molar refractivity (Wildman–Crippen MR) is 45.4 cm³/mol. The number of carbonyl (C=O) groups is 1. The van der Waals surface area contributed by atoms with Crippen molar-refractivity contribution in [2.75, 3.05) is 0 Å². The van der Waals surface area contributed by atoms with E-state index in [0.29, 0.717) is 0 Å². The topological polar surface area (TPSA) is 63.3 Å². The average molecular weight is 285 g/mol. The smallest absolute Gasteiger partial charge is 0.459 e. The summed E-state index contributed by atoms with van der Waals surface area (Å²) in [4.78, 5) is 10.1. The standard InChI is InChI=1S/C8H10F7NO2/c9-6(10,7(11,12)8(13,14)15)3-4(16)1-2-5(17)18/h4H,1-3,16H2,(H,17,18). The van der Waals surface area contributed by atoms with Crippen molar-refractivity contribution in [2.24, 2.45) is 5.73 Å². The molecule has 108 valence electrons. The first kappa shape index (κ1) is 16.9. The second kappa shape index (κ2) is 5.29. The fourth-order valence-electron chi connectivity index (χ4n) is 1.08. The molecule has 0 aliphatic heterocycles. The number of aliphatic carboxylic acids is 1. The Hall–Kier alpha value is -1.06. The Morgan fingerprint density at radius 2 is 1.56 bits per heavy atom. The van der Waals surface area contributed by atoms with E-state index in [4.69, 9.17) is 10.8 Å². The van der Waals surface area contributed by atoms with E-state index in [1.165, 1.54) is 0 Å². The van der Waals surface area contributed by atoms with E-state index >= 15 is 0 Å². The van der Waals surface area contributed by atoms with Crippen LogP contribution in [0.1, 0.15) is 19.3 Å². The molecule has 10 heteroatoms. The van der Waals surface area contributed by atoms with E-state index in [0.717, 1.165) is 0 Å². The lowest BCUT2D eigenvalue weighted by atomic mass is 9.99. The summed E-state index contributed by atoms with van der Waals surface area (Å²) in [6.45, 7) is 0. The Balaban J connectivity index is 4.69. The maximum absolute atomic E-state index is 12.8. The van der Waals surface area contributed by atoms with Crippen molar-refractivity contribution in [3.63, 3.8) is 0 Å². The molecule has 0 aromatic rings. The molecule has 0 heterocycles. The molecule has 0 saturated carbocycles. The molecule has 3 nitrogen and oxygen atoms in total. The molecule has 0 bridgehead atoms.